The van der Waals surface area contributed by atoms with Crippen molar-refractivity contribution in [3.05, 3.63) is 24.7 Å². The van der Waals surface area contributed by atoms with Crippen molar-refractivity contribution in [2.45, 2.75) is 6.92 Å². The largest absolute Gasteiger partial charge is 0.463 e. The Morgan fingerprint density at radius 3 is 3.00 bits per heavy atom. The van der Waals surface area contributed by atoms with Gasteiger partial charge in [-0.2, -0.15) is 0 Å². The van der Waals surface area contributed by atoms with Crippen molar-refractivity contribution in [1.82, 2.24) is 0 Å². The van der Waals surface area contributed by atoms with E-state index in [1.807, 2.05) is 6.92 Å². The van der Waals surface area contributed by atoms with Gasteiger partial charge >= 0.3 is 5.95 Å². The molecule has 0 radical (unpaired) electrons. The van der Waals surface area contributed by atoms with E-state index in [4.69, 9.17) is 14.2 Å². The highest BCUT2D eigenvalue weighted by Gasteiger charge is 1.98. The minimum Gasteiger partial charge on any atom is -0.463 e. The molecule has 0 spiro atoms. The van der Waals surface area contributed by atoms with Gasteiger partial charge in [-0.15, -0.1) is 0 Å². The molecule has 0 saturated carbocycles. The topological polar surface area (TPSA) is 27.7 Å². The van der Waals surface area contributed by atoms with Gasteiger partial charge in [0.1, 0.15) is 12.5 Å². The molecule has 1 aliphatic heterocycles. The van der Waals surface area contributed by atoms with E-state index in [1.54, 1.807) is 0 Å². The van der Waals surface area contributed by atoms with Crippen molar-refractivity contribution in [3.63, 3.8) is 0 Å². The van der Waals surface area contributed by atoms with Gasteiger partial charge in [-0.25, -0.2) is 0 Å². The van der Waals surface area contributed by atoms with Gasteiger partial charge in [0.2, 0.25) is 0 Å². The fourth-order valence-corrected chi connectivity index (χ4v) is 0.460. The van der Waals surface area contributed by atoms with Crippen LogP contribution in [0.15, 0.2) is 24.7 Å². The van der Waals surface area contributed by atoms with Gasteiger partial charge in [-0.3, -0.25) is 0 Å². The predicted molar refractivity (Wildman–Crippen MR) is 31.0 cm³/mol. The molecule has 0 atom stereocenters. The third-order valence-electron chi connectivity index (χ3n) is 0.769. The standard InChI is InChI=1S/C6H8O3/c1-2-8-6-5-7-3-4-9-6/h3-5H,2H2,1H3. The quantitative estimate of drug-likeness (QED) is 0.561. The smallest absolute Gasteiger partial charge is 0.321 e. The lowest BCUT2D eigenvalue weighted by molar-refractivity contribution is 0.0640. The summed E-state index contributed by atoms with van der Waals surface area (Å²) < 4.78 is 14.5. The Kier molecular flexibility index (Phi) is 2.01. The van der Waals surface area contributed by atoms with Gasteiger partial charge in [0, 0.05) is 0 Å². The first kappa shape index (κ1) is 6.01. The second-order valence-corrected chi connectivity index (χ2v) is 1.40. The van der Waals surface area contributed by atoms with Crippen LogP contribution in [0.1, 0.15) is 6.92 Å². The molecule has 50 valence electrons. The van der Waals surface area contributed by atoms with Crippen LogP contribution in [0.4, 0.5) is 0 Å². The van der Waals surface area contributed by atoms with E-state index < -0.39 is 0 Å². The summed E-state index contributed by atoms with van der Waals surface area (Å²) >= 11 is 0. The Balaban J connectivity index is 2.32. The van der Waals surface area contributed by atoms with E-state index in [0.29, 0.717) is 12.6 Å². The summed E-state index contributed by atoms with van der Waals surface area (Å²) in [6, 6.07) is 0. The Morgan fingerprint density at radius 2 is 2.44 bits per heavy atom. The van der Waals surface area contributed by atoms with Gasteiger partial charge in [0.25, 0.3) is 0 Å². The SMILES string of the molecule is CCOC1=COC=CO1. The summed E-state index contributed by atoms with van der Waals surface area (Å²) in [4.78, 5) is 0. The maximum Gasteiger partial charge on any atom is 0.321 e. The first-order chi connectivity index (χ1) is 4.43. The van der Waals surface area contributed by atoms with Crippen molar-refractivity contribution in [2.75, 3.05) is 6.61 Å². The van der Waals surface area contributed by atoms with Crippen LogP contribution in [-0.4, -0.2) is 6.61 Å². The molecule has 0 N–H and O–H groups in total. The molecule has 3 heteroatoms. The number of rotatable bonds is 2. The maximum atomic E-state index is 4.95. The molecule has 1 rings (SSSR count). The van der Waals surface area contributed by atoms with Crippen LogP contribution in [0.5, 0.6) is 0 Å². The van der Waals surface area contributed by atoms with E-state index in [2.05, 4.69) is 0 Å². The summed E-state index contributed by atoms with van der Waals surface area (Å²) in [7, 11) is 0. The fourth-order valence-electron chi connectivity index (χ4n) is 0.460. The monoisotopic (exact) mass is 128 g/mol. The highest BCUT2D eigenvalue weighted by Crippen LogP contribution is 2.05. The van der Waals surface area contributed by atoms with Crippen LogP contribution in [-0.2, 0) is 14.2 Å². The van der Waals surface area contributed by atoms with Gasteiger partial charge in [0.15, 0.2) is 6.26 Å². The van der Waals surface area contributed by atoms with E-state index in [1.165, 1.54) is 18.8 Å². The molecule has 3 nitrogen and oxygen atoms in total. The van der Waals surface area contributed by atoms with Crippen molar-refractivity contribution in [1.29, 1.82) is 0 Å². The molecular formula is C6H8O3. The predicted octanol–water partition coefficient (Wildman–Crippen LogP) is 1.34. The minimum absolute atomic E-state index is 0.403. The van der Waals surface area contributed by atoms with Crippen LogP contribution in [0.25, 0.3) is 0 Å². The zero-order valence-electron chi connectivity index (χ0n) is 5.16. The molecule has 0 aromatic carbocycles. The summed E-state index contributed by atoms with van der Waals surface area (Å²) in [6.07, 6.45) is 4.26. The number of hydrogen-bond donors (Lipinski definition) is 0. The van der Waals surface area contributed by atoms with Crippen LogP contribution in [0.2, 0.25) is 0 Å². The Labute approximate surface area is 53.5 Å². The molecule has 0 fully saturated rings. The minimum atomic E-state index is 0.403. The molecule has 9 heavy (non-hydrogen) atoms. The molecule has 1 aliphatic rings. The lowest BCUT2D eigenvalue weighted by Gasteiger charge is -2.08. The third kappa shape index (κ3) is 1.68. The van der Waals surface area contributed by atoms with E-state index >= 15 is 0 Å². The summed E-state index contributed by atoms with van der Waals surface area (Å²) in [5.74, 6) is 0.403. The molecule has 0 aromatic heterocycles. The summed E-state index contributed by atoms with van der Waals surface area (Å²) in [5, 5.41) is 0. The Morgan fingerprint density at radius 1 is 1.56 bits per heavy atom. The van der Waals surface area contributed by atoms with E-state index in [9.17, 15) is 0 Å². The second-order valence-electron chi connectivity index (χ2n) is 1.40. The molecule has 0 unspecified atom stereocenters. The number of hydrogen-bond acceptors (Lipinski definition) is 3. The van der Waals surface area contributed by atoms with E-state index in [0.717, 1.165) is 0 Å². The summed E-state index contributed by atoms with van der Waals surface area (Å²) in [6.45, 7) is 2.46. The second kappa shape index (κ2) is 3.02. The zero-order valence-corrected chi connectivity index (χ0v) is 5.16. The average molecular weight is 128 g/mol. The normalized spacial score (nSPS) is 15.4. The molecule has 0 saturated heterocycles. The van der Waals surface area contributed by atoms with Gasteiger partial charge < -0.3 is 14.2 Å². The Hall–Kier alpha value is -1.12. The zero-order chi connectivity index (χ0) is 6.53. The molecule has 0 amide bonds. The van der Waals surface area contributed by atoms with Crippen LogP contribution < -0.4 is 0 Å². The maximum absolute atomic E-state index is 4.95. The first-order valence-corrected chi connectivity index (χ1v) is 2.73. The van der Waals surface area contributed by atoms with E-state index in [-0.39, 0.29) is 0 Å². The molecule has 0 aliphatic carbocycles. The highest BCUT2D eigenvalue weighted by molar-refractivity contribution is 4.86. The summed E-state index contributed by atoms with van der Waals surface area (Å²) in [5.41, 5.74) is 0. The lowest BCUT2D eigenvalue weighted by Crippen LogP contribution is -1.96. The Bertz CT molecular complexity index is 137. The first-order valence-electron chi connectivity index (χ1n) is 2.73. The molecule has 0 bridgehead atoms. The van der Waals surface area contributed by atoms with Crippen LogP contribution >= 0.6 is 0 Å². The van der Waals surface area contributed by atoms with Gasteiger partial charge in [-0.05, 0) is 6.92 Å². The fraction of sp³-hybridized carbons (Fsp3) is 0.333. The average Bonchev–Trinajstić information content (AvgIpc) is 1.91. The third-order valence-corrected chi connectivity index (χ3v) is 0.769. The molecule has 1 heterocycles. The number of ether oxygens (including phenoxy) is 3. The molecular weight excluding hydrogens is 120 g/mol. The van der Waals surface area contributed by atoms with Crippen molar-refractivity contribution in [3.8, 4) is 0 Å². The van der Waals surface area contributed by atoms with Crippen molar-refractivity contribution >= 4 is 0 Å². The van der Waals surface area contributed by atoms with Gasteiger partial charge in [0.05, 0.1) is 6.61 Å². The van der Waals surface area contributed by atoms with Crippen LogP contribution in [0.3, 0.4) is 0 Å². The van der Waals surface area contributed by atoms with Crippen molar-refractivity contribution < 1.29 is 14.2 Å². The lowest BCUT2D eigenvalue weighted by atomic mass is 10.8. The molecule has 0 aromatic rings. The highest BCUT2D eigenvalue weighted by atomic mass is 16.7. The van der Waals surface area contributed by atoms with Crippen molar-refractivity contribution in [2.24, 2.45) is 0 Å². The van der Waals surface area contributed by atoms with Gasteiger partial charge in [-0.1, -0.05) is 0 Å². The van der Waals surface area contributed by atoms with Crippen LogP contribution in [0, 0.1) is 0 Å².